The van der Waals surface area contributed by atoms with E-state index in [0.29, 0.717) is 11.4 Å². The van der Waals surface area contributed by atoms with Crippen LogP contribution in [0.15, 0.2) is 34.7 Å². The maximum absolute atomic E-state index is 12.8. The molecule has 1 aromatic carbocycles. The second-order valence-corrected chi connectivity index (χ2v) is 6.13. The van der Waals surface area contributed by atoms with Crippen LogP contribution in [0.5, 0.6) is 0 Å². The van der Waals surface area contributed by atoms with Crippen molar-refractivity contribution in [3.63, 3.8) is 0 Å². The Bertz CT molecular complexity index is 793. The van der Waals surface area contributed by atoms with Gasteiger partial charge in [0.25, 0.3) is 5.82 Å². The van der Waals surface area contributed by atoms with Crippen LogP contribution in [0.25, 0.3) is 11.3 Å². The van der Waals surface area contributed by atoms with Crippen molar-refractivity contribution >= 4 is 22.8 Å². The molecule has 1 aliphatic heterocycles. The first kappa shape index (κ1) is 14.8. The Morgan fingerprint density at radius 3 is 2.55 bits per heavy atom. The van der Waals surface area contributed by atoms with E-state index in [1.807, 2.05) is 30.3 Å². The molecule has 2 N–H and O–H groups in total. The molecule has 1 aromatic heterocycles. The summed E-state index contributed by atoms with van der Waals surface area (Å²) in [5.41, 5.74) is 8.11. The van der Waals surface area contributed by atoms with Gasteiger partial charge in [-0.1, -0.05) is 30.3 Å². The Kier molecular flexibility index (Phi) is 3.51. The first-order chi connectivity index (χ1) is 10.5. The van der Waals surface area contributed by atoms with Crippen LogP contribution >= 0.6 is 0 Å². The summed E-state index contributed by atoms with van der Waals surface area (Å²) in [5, 5.41) is 12.8. The fraction of sp³-hybridized carbons (Fsp3) is 0.214. The third kappa shape index (κ3) is 2.12. The maximum atomic E-state index is 12.8. The number of quaternary nitrogens is 1. The molecular formula is C14H15N5O2S. The second-order valence-electron chi connectivity index (χ2n) is 4.89. The number of fused-ring (bicyclic) bond motifs is 1. The maximum Gasteiger partial charge on any atom is 0.347 e. The molecule has 2 aromatic rings. The van der Waals surface area contributed by atoms with Crippen molar-refractivity contribution in [2.45, 2.75) is 13.8 Å². The zero-order valence-corrected chi connectivity index (χ0v) is 13.0. The Hall–Kier alpha value is -2.16. The van der Waals surface area contributed by atoms with Crippen LogP contribution < -0.4 is 9.79 Å². The first-order valence-electron chi connectivity index (χ1n) is 6.78. The van der Waals surface area contributed by atoms with E-state index in [0.717, 1.165) is 5.56 Å². The largest absolute Gasteiger partial charge is 0.610 e. The molecule has 3 rings (SSSR count). The van der Waals surface area contributed by atoms with Crippen molar-refractivity contribution in [1.82, 2.24) is 14.0 Å². The number of hydrogen-bond acceptors (Lipinski definition) is 5. The number of amidine groups is 1. The topological polar surface area (TPSA) is 104 Å². The highest BCUT2D eigenvalue weighted by molar-refractivity contribution is 7.83. The minimum Gasteiger partial charge on any atom is -0.610 e. The molecule has 2 heterocycles. The van der Waals surface area contributed by atoms with Crippen molar-refractivity contribution in [2.75, 3.05) is 6.54 Å². The Morgan fingerprint density at radius 2 is 1.91 bits per heavy atom. The van der Waals surface area contributed by atoms with Gasteiger partial charge < -0.3 is 10.9 Å². The van der Waals surface area contributed by atoms with Crippen molar-refractivity contribution in [1.29, 1.82) is 0 Å². The van der Waals surface area contributed by atoms with Gasteiger partial charge in [-0.05, 0) is 13.8 Å². The summed E-state index contributed by atoms with van der Waals surface area (Å²) in [7, 11) is 0. The van der Waals surface area contributed by atoms with E-state index in [4.69, 9.17) is 5.73 Å². The molecule has 0 bridgehead atoms. The van der Waals surface area contributed by atoms with E-state index >= 15 is 0 Å². The number of nitrogens with two attached hydrogens (primary N) is 1. The molecule has 8 heteroatoms. The lowest BCUT2D eigenvalue weighted by atomic mass is 10.1. The van der Waals surface area contributed by atoms with Gasteiger partial charge in [-0.3, -0.25) is 0 Å². The molecule has 0 aliphatic carbocycles. The van der Waals surface area contributed by atoms with Crippen molar-refractivity contribution in [2.24, 2.45) is 10.1 Å². The lowest BCUT2D eigenvalue weighted by Gasteiger charge is -2.37. The van der Waals surface area contributed by atoms with E-state index in [1.54, 1.807) is 13.8 Å². The Labute approximate surface area is 130 Å². The minimum absolute atomic E-state index is 0.0175. The van der Waals surface area contributed by atoms with E-state index in [-0.39, 0.29) is 23.9 Å². The van der Waals surface area contributed by atoms with E-state index in [9.17, 15) is 9.42 Å². The SMILES string of the molecule is CC[N+]1([O-])c2nc(C)c(-c3ccccc3)nc2C(N)=NS1=O. The number of hydroxylamine groups is 1. The standard InChI is InChI=1S/C14H15N5O2S/c1-3-19(20)14-12(13(15)18-22(19)21)17-11(9(2)16-14)10-7-5-4-6-8-10/h4-8H,3H2,1-2H3,(H2,15,18). The average molecular weight is 317 g/mol. The normalized spacial score (nSPS) is 23.8. The number of nitrogens with zero attached hydrogens (tertiary/aromatic N) is 4. The van der Waals surface area contributed by atoms with Gasteiger partial charge in [-0.15, -0.1) is 4.40 Å². The number of aromatic nitrogens is 2. The second kappa shape index (κ2) is 5.24. The number of benzene rings is 1. The summed E-state index contributed by atoms with van der Waals surface area (Å²) < 4.78 is 14.6. The van der Waals surface area contributed by atoms with Crippen LogP contribution in [0.1, 0.15) is 18.3 Å². The molecule has 1 aliphatic rings. The summed E-state index contributed by atoms with van der Waals surface area (Å²) in [6.45, 7) is 3.43. The fourth-order valence-corrected chi connectivity index (χ4v) is 3.20. The van der Waals surface area contributed by atoms with E-state index in [2.05, 4.69) is 14.4 Å². The highest BCUT2D eigenvalue weighted by Crippen LogP contribution is 2.33. The lowest BCUT2D eigenvalue weighted by Crippen LogP contribution is -2.49. The molecule has 114 valence electrons. The van der Waals surface area contributed by atoms with Crippen LogP contribution in [0.2, 0.25) is 0 Å². The average Bonchev–Trinajstić information content (AvgIpc) is 2.53. The fourth-order valence-electron chi connectivity index (χ4n) is 2.31. The third-order valence-electron chi connectivity index (χ3n) is 3.51. The van der Waals surface area contributed by atoms with Crippen molar-refractivity contribution in [3.05, 3.63) is 46.9 Å². The predicted octanol–water partition coefficient (Wildman–Crippen LogP) is 1.57. The summed E-state index contributed by atoms with van der Waals surface area (Å²) in [4.78, 5) is 8.83. The van der Waals surface area contributed by atoms with Crippen LogP contribution in [0.4, 0.5) is 5.82 Å². The van der Waals surface area contributed by atoms with Crippen LogP contribution in [-0.2, 0) is 11.2 Å². The molecule has 0 fully saturated rings. The van der Waals surface area contributed by atoms with Gasteiger partial charge >= 0.3 is 11.2 Å². The number of hydrogen-bond donors (Lipinski definition) is 1. The van der Waals surface area contributed by atoms with Crippen LogP contribution in [0, 0.1) is 12.1 Å². The van der Waals surface area contributed by atoms with Crippen LogP contribution in [-0.4, -0.2) is 26.6 Å². The molecule has 22 heavy (non-hydrogen) atoms. The Balaban J connectivity index is 2.26. The van der Waals surface area contributed by atoms with E-state index in [1.165, 1.54) is 0 Å². The van der Waals surface area contributed by atoms with Crippen LogP contribution in [0.3, 0.4) is 0 Å². The monoisotopic (exact) mass is 317 g/mol. The molecule has 0 amide bonds. The van der Waals surface area contributed by atoms with Gasteiger partial charge in [-0.2, -0.15) is 9.19 Å². The smallest absolute Gasteiger partial charge is 0.347 e. The van der Waals surface area contributed by atoms with Gasteiger partial charge in [0.15, 0.2) is 11.5 Å². The van der Waals surface area contributed by atoms with Crippen molar-refractivity contribution in [3.8, 4) is 11.3 Å². The van der Waals surface area contributed by atoms with Crippen molar-refractivity contribution < 1.29 is 4.21 Å². The molecule has 0 spiro atoms. The zero-order chi connectivity index (χ0) is 15.9. The van der Waals surface area contributed by atoms with Gasteiger partial charge in [-0.25, -0.2) is 9.04 Å². The summed E-state index contributed by atoms with van der Waals surface area (Å²) in [6.07, 6.45) is 0. The highest BCUT2D eigenvalue weighted by Gasteiger charge is 2.39. The molecule has 0 saturated heterocycles. The molecular weight excluding hydrogens is 302 g/mol. The summed E-state index contributed by atoms with van der Waals surface area (Å²) in [5.74, 6) is 0.0431. The summed E-state index contributed by atoms with van der Waals surface area (Å²) in [6, 6.07) is 9.48. The van der Waals surface area contributed by atoms with Gasteiger partial charge in [0.2, 0.25) is 0 Å². The molecule has 0 saturated carbocycles. The third-order valence-corrected chi connectivity index (χ3v) is 4.80. The first-order valence-corrected chi connectivity index (χ1v) is 7.84. The Morgan fingerprint density at radius 1 is 1.23 bits per heavy atom. The minimum atomic E-state index is -2.05. The predicted molar refractivity (Wildman–Crippen MR) is 86.8 cm³/mol. The van der Waals surface area contributed by atoms with E-state index < -0.39 is 15.2 Å². The van der Waals surface area contributed by atoms with Gasteiger partial charge in [0, 0.05) is 5.56 Å². The number of rotatable bonds is 2. The van der Waals surface area contributed by atoms with Gasteiger partial charge in [0.1, 0.15) is 0 Å². The lowest BCUT2D eigenvalue weighted by molar-refractivity contribution is 0.556. The highest BCUT2D eigenvalue weighted by atomic mass is 32.2. The number of aryl methyl sites for hydroxylation is 1. The molecule has 0 radical (unpaired) electrons. The van der Waals surface area contributed by atoms with Gasteiger partial charge in [0.05, 0.1) is 17.9 Å². The molecule has 7 nitrogen and oxygen atoms in total. The quantitative estimate of drug-likeness (QED) is 0.669. The molecule has 2 unspecified atom stereocenters. The zero-order valence-electron chi connectivity index (χ0n) is 12.2. The molecule has 2 atom stereocenters. The summed E-state index contributed by atoms with van der Waals surface area (Å²) >= 11 is -2.05.